The molecule has 0 aliphatic carbocycles. The van der Waals surface area contributed by atoms with Crippen LogP contribution in [0, 0.1) is 11.7 Å². The minimum Gasteiger partial charge on any atom is -0.350 e. The first-order valence-corrected chi connectivity index (χ1v) is 5.77. The average molecular weight is 238 g/mol. The van der Waals surface area contributed by atoms with Crippen LogP contribution in [0.4, 0.5) is 4.39 Å². The Morgan fingerprint density at radius 2 is 2.18 bits per heavy atom. The molecule has 94 valence electrons. The Labute approximate surface area is 101 Å². The summed E-state index contributed by atoms with van der Waals surface area (Å²) >= 11 is 0. The first-order chi connectivity index (χ1) is 8.02. The van der Waals surface area contributed by atoms with E-state index in [9.17, 15) is 9.18 Å². The van der Waals surface area contributed by atoms with Gasteiger partial charge in [0, 0.05) is 6.42 Å². The second-order valence-electron chi connectivity index (χ2n) is 4.39. The minimum atomic E-state index is -0.293. The molecule has 0 aliphatic rings. The van der Waals surface area contributed by atoms with E-state index in [4.69, 9.17) is 5.73 Å². The van der Waals surface area contributed by atoms with E-state index in [1.54, 1.807) is 12.1 Å². The Bertz CT molecular complexity index is 381. The zero-order valence-corrected chi connectivity index (χ0v) is 10.2. The van der Waals surface area contributed by atoms with Gasteiger partial charge in [0.1, 0.15) is 5.82 Å². The molecule has 0 fully saturated rings. The molecular formula is C13H19FN2O. The highest BCUT2D eigenvalue weighted by molar-refractivity contribution is 5.76. The third-order valence-electron chi connectivity index (χ3n) is 2.66. The number of hydrogen-bond acceptors (Lipinski definition) is 2. The molecule has 0 saturated carbocycles. The molecule has 0 saturated heterocycles. The van der Waals surface area contributed by atoms with Crippen molar-refractivity contribution < 1.29 is 9.18 Å². The smallest absolute Gasteiger partial charge is 0.220 e. The second-order valence-corrected chi connectivity index (χ2v) is 4.39. The highest BCUT2D eigenvalue weighted by atomic mass is 19.1. The van der Waals surface area contributed by atoms with Crippen molar-refractivity contribution >= 4 is 5.91 Å². The van der Waals surface area contributed by atoms with Gasteiger partial charge in [0.2, 0.25) is 5.91 Å². The maximum absolute atomic E-state index is 13.0. The Balaban J connectivity index is 2.54. The standard InChI is InChI=1S/C13H19FN2O/c1-9(8-15)6-13(17)16-10(2)11-4-3-5-12(14)7-11/h3-5,7,9-10H,6,8,15H2,1-2H3,(H,16,17)/t9?,10-/m0/s1. The summed E-state index contributed by atoms with van der Waals surface area (Å²) in [5, 5.41) is 2.83. The molecule has 1 amide bonds. The van der Waals surface area contributed by atoms with Crippen LogP contribution >= 0.6 is 0 Å². The maximum Gasteiger partial charge on any atom is 0.220 e. The van der Waals surface area contributed by atoms with Crippen molar-refractivity contribution in [2.24, 2.45) is 11.7 Å². The van der Waals surface area contributed by atoms with E-state index in [1.807, 2.05) is 13.8 Å². The summed E-state index contributed by atoms with van der Waals surface area (Å²) in [4.78, 5) is 11.6. The topological polar surface area (TPSA) is 55.1 Å². The molecule has 0 heterocycles. The van der Waals surface area contributed by atoms with E-state index in [0.717, 1.165) is 5.56 Å². The lowest BCUT2D eigenvalue weighted by atomic mass is 10.1. The first kappa shape index (κ1) is 13.6. The van der Waals surface area contributed by atoms with E-state index in [-0.39, 0.29) is 23.7 Å². The quantitative estimate of drug-likeness (QED) is 0.824. The normalized spacial score (nSPS) is 14.1. The molecule has 1 aromatic rings. The van der Waals surface area contributed by atoms with E-state index in [1.165, 1.54) is 12.1 Å². The summed E-state index contributed by atoms with van der Waals surface area (Å²) in [6, 6.07) is 6.05. The van der Waals surface area contributed by atoms with Gasteiger partial charge >= 0.3 is 0 Å². The Morgan fingerprint density at radius 3 is 2.76 bits per heavy atom. The number of nitrogens with two attached hydrogens (primary N) is 1. The number of carbonyl (C=O) groups excluding carboxylic acids is 1. The summed E-state index contributed by atoms with van der Waals surface area (Å²) in [6.45, 7) is 4.24. The van der Waals surface area contributed by atoms with Crippen LogP contribution in [0.25, 0.3) is 0 Å². The second kappa shape index (κ2) is 6.35. The van der Waals surface area contributed by atoms with Crippen molar-refractivity contribution in [2.75, 3.05) is 6.54 Å². The number of rotatable bonds is 5. The predicted octanol–water partition coefficient (Wildman–Crippen LogP) is 1.99. The molecule has 17 heavy (non-hydrogen) atoms. The molecule has 3 nitrogen and oxygen atoms in total. The van der Waals surface area contributed by atoms with Gasteiger partial charge in [-0.15, -0.1) is 0 Å². The minimum absolute atomic E-state index is 0.0558. The van der Waals surface area contributed by atoms with Crippen LogP contribution in [-0.4, -0.2) is 12.5 Å². The van der Waals surface area contributed by atoms with Gasteiger partial charge in [0.05, 0.1) is 6.04 Å². The molecule has 1 aromatic carbocycles. The molecule has 2 atom stereocenters. The summed E-state index contributed by atoms with van der Waals surface area (Å²) in [5.74, 6) is -0.187. The lowest BCUT2D eigenvalue weighted by Crippen LogP contribution is -2.29. The zero-order chi connectivity index (χ0) is 12.8. The van der Waals surface area contributed by atoms with Gasteiger partial charge < -0.3 is 11.1 Å². The highest BCUT2D eigenvalue weighted by Crippen LogP contribution is 2.14. The highest BCUT2D eigenvalue weighted by Gasteiger charge is 2.12. The summed E-state index contributed by atoms with van der Waals surface area (Å²) < 4.78 is 13.0. The Hall–Kier alpha value is -1.42. The molecule has 0 radical (unpaired) electrons. The maximum atomic E-state index is 13.0. The molecule has 0 aromatic heterocycles. The van der Waals surface area contributed by atoms with Crippen molar-refractivity contribution in [1.82, 2.24) is 5.32 Å². The average Bonchev–Trinajstić information content (AvgIpc) is 2.28. The number of benzene rings is 1. The Kier molecular flexibility index (Phi) is 5.10. The lowest BCUT2D eigenvalue weighted by Gasteiger charge is -2.16. The van der Waals surface area contributed by atoms with Crippen LogP contribution < -0.4 is 11.1 Å². The predicted molar refractivity (Wildman–Crippen MR) is 65.8 cm³/mol. The Morgan fingerprint density at radius 1 is 1.47 bits per heavy atom. The first-order valence-electron chi connectivity index (χ1n) is 5.77. The van der Waals surface area contributed by atoms with Crippen molar-refractivity contribution in [3.8, 4) is 0 Å². The molecular weight excluding hydrogens is 219 g/mol. The number of hydrogen-bond donors (Lipinski definition) is 2. The van der Waals surface area contributed by atoms with Gasteiger partial charge in [-0.3, -0.25) is 4.79 Å². The van der Waals surface area contributed by atoms with Crippen LogP contribution in [-0.2, 0) is 4.79 Å². The van der Waals surface area contributed by atoms with E-state index in [0.29, 0.717) is 13.0 Å². The molecule has 1 unspecified atom stereocenters. The van der Waals surface area contributed by atoms with Crippen LogP contribution in [0.3, 0.4) is 0 Å². The number of nitrogens with one attached hydrogen (secondary N) is 1. The van der Waals surface area contributed by atoms with E-state index < -0.39 is 0 Å². The summed E-state index contributed by atoms with van der Waals surface area (Å²) in [7, 11) is 0. The molecule has 0 bridgehead atoms. The van der Waals surface area contributed by atoms with Crippen molar-refractivity contribution in [1.29, 1.82) is 0 Å². The van der Waals surface area contributed by atoms with E-state index in [2.05, 4.69) is 5.32 Å². The largest absolute Gasteiger partial charge is 0.350 e. The van der Waals surface area contributed by atoms with E-state index >= 15 is 0 Å². The fourth-order valence-corrected chi connectivity index (χ4v) is 1.56. The van der Waals surface area contributed by atoms with Gasteiger partial charge in [0.15, 0.2) is 0 Å². The third kappa shape index (κ3) is 4.53. The molecule has 1 rings (SSSR count). The van der Waals surface area contributed by atoms with Crippen molar-refractivity contribution in [2.45, 2.75) is 26.3 Å². The third-order valence-corrected chi connectivity index (χ3v) is 2.66. The fraction of sp³-hybridized carbons (Fsp3) is 0.462. The monoisotopic (exact) mass is 238 g/mol. The molecule has 4 heteroatoms. The number of halogens is 1. The van der Waals surface area contributed by atoms with Crippen LogP contribution in [0.5, 0.6) is 0 Å². The van der Waals surface area contributed by atoms with Gasteiger partial charge in [-0.1, -0.05) is 19.1 Å². The molecule has 0 aliphatic heterocycles. The molecule has 0 spiro atoms. The van der Waals surface area contributed by atoms with Gasteiger partial charge in [0.25, 0.3) is 0 Å². The van der Waals surface area contributed by atoms with Crippen LogP contribution in [0.1, 0.15) is 31.9 Å². The summed E-state index contributed by atoms with van der Waals surface area (Å²) in [6.07, 6.45) is 0.399. The summed E-state index contributed by atoms with van der Waals surface area (Å²) in [5.41, 5.74) is 6.22. The molecule has 3 N–H and O–H groups in total. The van der Waals surface area contributed by atoms with Crippen molar-refractivity contribution in [3.05, 3.63) is 35.6 Å². The fourth-order valence-electron chi connectivity index (χ4n) is 1.56. The zero-order valence-electron chi connectivity index (χ0n) is 10.2. The van der Waals surface area contributed by atoms with Crippen LogP contribution in [0.2, 0.25) is 0 Å². The SMILES string of the molecule is CC(CN)CC(=O)N[C@@H](C)c1cccc(F)c1. The number of carbonyl (C=O) groups is 1. The lowest BCUT2D eigenvalue weighted by molar-refractivity contribution is -0.122. The van der Waals surface area contributed by atoms with Gasteiger partial charge in [-0.05, 0) is 37.1 Å². The van der Waals surface area contributed by atoms with Crippen molar-refractivity contribution in [3.63, 3.8) is 0 Å². The van der Waals surface area contributed by atoms with Gasteiger partial charge in [-0.25, -0.2) is 4.39 Å². The number of amides is 1. The van der Waals surface area contributed by atoms with Crippen LogP contribution in [0.15, 0.2) is 24.3 Å². The van der Waals surface area contributed by atoms with Gasteiger partial charge in [-0.2, -0.15) is 0 Å².